The molecule has 2 aromatic rings. The molecule has 2 aromatic carbocycles. The lowest BCUT2D eigenvalue weighted by Crippen LogP contribution is -2.34. The van der Waals surface area contributed by atoms with Gasteiger partial charge < -0.3 is 20.4 Å². The van der Waals surface area contributed by atoms with Gasteiger partial charge in [0.25, 0.3) is 0 Å². The second-order valence-electron chi connectivity index (χ2n) is 6.65. The summed E-state index contributed by atoms with van der Waals surface area (Å²) < 4.78 is 0. The molecule has 0 aromatic heterocycles. The van der Waals surface area contributed by atoms with Crippen molar-refractivity contribution in [1.29, 1.82) is 0 Å². The van der Waals surface area contributed by atoms with Crippen molar-refractivity contribution in [1.82, 2.24) is 15.5 Å². The van der Waals surface area contributed by atoms with Crippen LogP contribution in [-0.4, -0.2) is 39.1 Å². The number of urea groups is 1. The molecule has 0 radical (unpaired) electrons. The highest BCUT2D eigenvalue weighted by Crippen LogP contribution is 2.12. The molecule has 0 bridgehead atoms. The number of carbonyl (C=O) groups excluding carboxylic acids is 1. The standard InChI is InChI=1S/C20H28N4O/c1-23(2)15-18-7-5-16(6-8-18)13-21-20(25)22-14-17-9-11-19(12-10-17)24(3)4/h5-12H,13-15H2,1-4H3,(H2,21,22,25). The van der Waals surface area contributed by atoms with Crippen LogP contribution in [0.2, 0.25) is 0 Å². The van der Waals surface area contributed by atoms with Crippen LogP contribution >= 0.6 is 0 Å². The molecule has 0 aliphatic rings. The Morgan fingerprint density at radius 3 is 1.64 bits per heavy atom. The van der Waals surface area contributed by atoms with Gasteiger partial charge in [-0.15, -0.1) is 0 Å². The Labute approximate surface area is 150 Å². The molecule has 0 unspecified atom stereocenters. The highest BCUT2D eigenvalue weighted by atomic mass is 16.2. The summed E-state index contributed by atoms with van der Waals surface area (Å²) >= 11 is 0. The monoisotopic (exact) mass is 340 g/mol. The molecule has 0 fully saturated rings. The third kappa shape index (κ3) is 6.47. The number of benzene rings is 2. The molecule has 0 aliphatic carbocycles. The first-order valence-electron chi connectivity index (χ1n) is 8.44. The van der Waals surface area contributed by atoms with Crippen molar-refractivity contribution < 1.29 is 4.79 Å². The third-order valence-electron chi connectivity index (χ3n) is 3.88. The fourth-order valence-corrected chi connectivity index (χ4v) is 2.47. The largest absolute Gasteiger partial charge is 0.378 e. The van der Waals surface area contributed by atoms with Crippen molar-refractivity contribution in [3.63, 3.8) is 0 Å². The van der Waals surface area contributed by atoms with Crippen LogP contribution in [0.5, 0.6) is 0 Å². The van der Waals surface area contributed by atoms with E-state index in [1.54, 1.807) is 0 Å². The van der Waals surface area contributed by atoms with Crippen LogP contribution in [0.1, 0.15) is 16.7 Å². The maximum atomic E-state index is 11.9. The van der Waals surface area contributed by atoms with E-state index in [9.17, 15) is 4.79 Å². The van der Waals surface area contributed by atoms with Gasteiger partial charge in [-0.05, 0) is 42.9 Å². The summed E-state index contributed by atoms with van der Waals surface area (Å²) in [6, 6.07) is 16.3. The Balaban J connectivity index is 1.75. The van der Waals surface area contributed by atoms with Crippen LogP contribution in [0.4, 0.5) is 10.5 Å². The van der Waals surface area contributed by atoms with Crippen molar-refractivity contribution in [2.24, 2.45) is 0 Å². The van der Waals surface area contributed by atoms with E-state index in [4.69, 9.17) is 0 Å². The maximum absolute atomic E-state index is 11.9. The predicted molar refractivity (Wildman–Crippen MR) is 104 cm³/mol. The SMILES string of the molecule is CN(C)Cc1ccc(CNC(=O)NCc2ccc(N(C)C)cc2)cc1. The van der Waals surface area contributed by atoms with E-state index in [-0.39, 0.29) is 6.03 Å². The Hall–Kier alpha value is -2.53. The number of nitrogens with one attached hydrogen (secondary N) is 2. The van der Waals surface area contributed by atoms with Crippen LogP contribution in [-0.2, 0) is 19.6 Å². The van der Waals surface area contributed by atoms with Gasteiger partial charge in [0.2, 0.25) is 0 Å². The second-order valence-corrected chi connectivity index (χ2v) is 6.65. The van der Waals surface area contributed by atoms with Gasteiger partial charge in [0, 0.05) is 39.4 Å². The van der Waals surface area contributed by atoms with E-state index < -0.39 is 0 Å². The average molecular weight is 340 g/mol. The highest BCUT2D eigenvalue weighted by molar-refractivity contribution is 5.73. The molecule has 2 rings (SSSR count). The van der Waals surface area contributed by atoms with Crippen LogP contribution in [0.25, 0.3) is 0 Å². The lowest BCUT2D eigenvalue weighted by Gasteiger charge is -2.13. The molecule has 0 aliphatic heterocycles. The van der Waals surface area contributed by atoms with Gasteiger partial charge in [0.15, 0.2) is 0 Å². The zero-order chi connectivity index (χ0) is 18.2. The quantitative estimate of drug-likeness (QED) is 0.815. The Morgan fingerprint density at radius 2 is 1.20 bits per heavy atom. The number of anilines is 1. The van der Waals surface area contributed by atoms with E-state index >= 15 is 0 Å². The number of nitrogens with zero attached hydrogens (tertiary/aromatic N) is 2. The van der Waals surface area contributed by atoms with Crippen LogP contribution in [0, 0.1) is 0 Å². The molecule has 134 valence electrons. The van der Waals surface area contributed by atoms with Crippen molar-refractivity contribution in [3.05, 3.63) is 65.2 Å². The van der Waals surface area contributed by atoms with Gasteiger partial charge in [-0.3, -0.25) is 0 Å². The van der Waals surface area contributed by atoms with Crippen LogP contribution in [0.3, 0.4) is 0 Å². The molecule has 0 heterocycles. The Bertz CT molecular complexity index is 663. The molecule has 0 atom stereocenters. The minimum Gasteiger partial charge on any atom is -0.378 e. The smallest absolute Gasteiger partial charge is 0.315 e. The molecule has 5 heteroatoms. The fourth-order valence-electron chi connectivity index (χ4n) is 2.47. The summed E-state index contributed by atoms with van der Waals surface area (Å²) in [5, 5.41) is 5.78. The van der Waals surface area contributed by atoms with E-state index in [1.165, 1.54) is 5.56 Å². The van der Waals surface area contributed by atoms with Crippen LogP contribution < -0.4 is 15.5 Å². The summed E-state index contributed by atoms with van der Waals surface area (Å²) in [5.41, 5.74) is 4.58. The number of amides is 2. The van der Waals surface area contributed by atoms with E-state index in [2.05, 4.69) is 39.8 Å². The van der Waals surface area contributed by atoms with E-state index in [0.29, 0.717) is 13.1 Å². The van der Waals surface area contributed by atoms with Gasteiger partial charge >= 0.3 is 6.03 Å². The number of rotatable bonds is 7. The number of hydrogen-bond acceptors (Lipinski definition) is 3. The normalized spacial score (nSPS) is 10.6. The molecule has 2 N–H and O–H groups in total. The summed E-state index contributed by atoms with van der Waals surface area (Å²) in [7, 11) is 8.11. The molecule has 0 saturated carbocycles. The molecule has 0 spiro atoms. The summed E-state index contributed by atoms with van der Waals surface area (Å²) in [6.07, 6.45) is 0. The Morgan fingerprint density at radius 1 is 0.760 bits per heavy atom. The predicted octanol–water partition coefficient (Wildman–Crippen LogP) is 2.81. The van der Waals surface area contributed by atoms with Gasteiger partial charge in [-0.1, -0.05) is 36.4 Å². The molecular formula is C20H28N4O. The zero-order valence-electron chi connectivity index (χ0n) is 15.5. The lowest BCUT2D eigenvalue weighted by atomic mass is 10.1. The van der Waals surface area contributed by atoms with Crippen molar-refractivity contribution in [2.75, 3.05) is 33.1 Å². The number of carbonyl (C=O) groups is 1. The first-order chi connectivity index (χ1) is 11.9. The lowest BCUT2D eigenvalue weighted by molar-refractivity contribution is 0.240. The zero-order valence-corrected chi connectivity index (χ0v) is 15.5. The third-order valence-corrected chi connectivity index (χ3v) is 3.88. The minimum absolute atomic E-state index is 0.158. The van der Waals surface area contributed by atoms with Crippen LogP contribution in [0.15, 0.2) is 48.5 Å². The first-order valence-corrected chi connectivity index (χ1v) is 8.44. The fraction of sp³-hybridized carbons (Fsp3) is 0.350. The minimum atomic E-state index is -0.158. The second kappa shape index (κ2) is 9.08. The molecule has 25 heavy (non-hydrogen) atoms. The maximum Gasteiger partial charge on any atom is 0.315 e. The van der Waals surface area contributed by atoms with Gasteiger partial charge in [0.1, 0.15) is 0 Å². The van der Waals surface area contributed by atoms with Crippen molar-refractivity contribution >= 4 is 11.7 Å². The first kappa shape index (κ1) is 18.8. The van der Waals surface area contributed by atoms with Gasteiger partial charge in [0.05, 0.1) is 0 Å². The average Bonchev–Trinajstić information content (AvgIpc) is 2.59. The van der Waals surface area contributed by atoms with Gasteiger partial charge in [-0.25, -0.2) is 4.79 Å². The van der Waals surface area contributed by atoms with E-state index in [1.807, 2.05) is 57.4 Å². The van der Waals surface area contributed by atoms with Crippen molar-refractivity contribution in [3.8, 4) is 0 Å². The molecule has 5 nitrogen and oxygen atoms in total. The topological polar surface area (TPSA) is 47.6 Å². The summed E-state index contributed by atoms with van der Waals surface area (Å²) in [5.74, 6) is 0. The summed E-state index contributed by atoms with van der Waals surface area (Å²) in [6.45, 7) is 1.95. The highest BCUT2D eigenvalue weighted by Gasteiger charge is 2.02. The molecular weight excluding hydrogens is 312 g/mol. The molecule has 2 amide bonds. The summed E-state index contributed by atoms with van der Waals surface area (Å²) in [4.78, 5) is 16.1. The van der Waals surface area contributed by atoms with E-state index in [0.717, 1.165) is 23.4 Å². The number of hydrogen-bond donors (Lipinski definition) is 2. The Kier molecular flexibility index (Phi) is 6.83. The molecule has 0 saturated heterocycles. The van der Waals surface area contributed by atoms with Crippen molar-refractivity contribution in [2.45, 2.75) is 19.6 Å². The van der Waals surface area contributed by atoms with Gasteiger partial charge in [-0.2, -0.15) is 0 Å².